The lowest BCUT2D eigenvalue weighted by molar-refractivity contribution is -0.137. The fourth-order valence-electron chi connectivity index (χ4n) is 3.64. The zero-order chi connectivity index (χ0) is 21.1. The van der Waals surface area contributed by atoms with Crippen LogP contribution in [0.4, 0.5) is 18.0 Å². The van der Waals surface area contributed by atoms with Crippen LogP contribution in [-0.4, -0.2) is 56.0 Å². The quantitative estimate of drug-likeness (QED) is 0.225. The number of nitrogens with zero attached hydrogens (tertiary/aromatic N) is 2. The van der Waals surface area contributed by atoms with Crippen molar-refractivity contribution in [2.24, 2.45) is 4.99 Å². The van der Waals surface area contributed by atoms with Gasteiger partial charge < -0.3 is 16.0 Å². The molecule has 2 aliphatic rings. The summed E-state index contributed by atoms with van der Waals surface area (Å²) in [5.74, 6) is 0.188. The van der Waals surface area contributed by atoms with E-state index in [0.29, 0.717) is 24.6 Å². The van der Waals surface area contributed by atoms with Crippen LogP contribution in [0.3, 0.4) is 0 Å². The largest absolute Gasteiger partial charge is 0.416 e. The van der Waals surface area contributed by atoms with Crippen molar-refractivity contribution in [2.45, 2.75) is 30.9 Å². The second-order valence-corrected chi connectivity index (χ2v) is 7.27. The van der Waals surface area contributed by atoms with Gasteiger partial charge in [0.15, 0.2) is 5.96 Å². The average Bonchev–Trinajstić information content (AvgIpc) is 2.97. The zero-order valence-electron chi connectivity index (χ0n) is 16.5. The first-order valence-corrected chi connectivity index (χ1v) is 9.46. The van der Waals surface area contributed by atoms with Gasteiger partial charge in [0.2, 0.25) is 5.91 Å². The number of guanidine groups is 1. The van der Waals surface area contributed by atoms with Crippen molar-refractivity contribution >= 4 is 41.9 Å². The van der Waals surface area contributed by atoms with Crippen LogP contribution in [0.25, 0.3) is 0 Å². The van der Waals surface area contributed by atoms with Crippen molar-refractivity contribution in [3.05, 3.63) is 35.4 Å². The zero-order valence-corrected chi connectivity index (χ0v) is 18.8. The molecule has 3 N–H and O–H groups in total. The molecule has 1 heterocycles. The first-order chi connectivity index (χ1) is 13.7. The third kappa shape index (κ3) is 5.35. The number of imide groups is 1. The molecule has 0 spiro atoms. The van der Waals surface area contributed by atoms with Gasteiger partial charge in [0.05, 0.1) is 12.1 Å². The van der Waals surface area contributed by atoms with Gasteiger partial charge in [-0.15, -0.1) is 24.0 Å². The van der Waals surface area contributed by atoms with Crippen LogP contribution in [0, 0.1) is 0 Å². The third-order valence-electron chi connectivity index (χ3n) is 5.50. The molecular weight excluding hydrogens is 514 g/mol. The van der Waals surface area contributed by atoms with Crippen molar-refractivity contribution < 1.29 is 22.8 Å². The number of halogens is 4. The van der Waals surface area contributed by atoms with E-state index in [0.717, 1.165) is 30.2 Å². The fraction of sp³-hybridized carbons (Fsp3) is 0.526. The first-order valence-electron chi connectivity index (χ1n) is 9.46. The highest BCUT2D eigenvalue weighted by Crippen LogP contribution is 2.44. The van der Waals surface area contributed by atoms with Crippen LogP contribution in [0.2, 0.25) is 0 Å². The molecule has 11 heteroatoms. The summed E-state index contributed by atoms with van der Waals surface area (Å²) in [6, 6.07) is 5.08. The summed E-state index contributed by atoms with van der Waals surface area (Å²) in [6.45, 7) is 0.960. The summed E-state index contributed by atoms with van der Waals surface area (Å²) in [7, 11) is 1.58. The van der Waals surface area contributed by atoms with Gasteiger partial charge in [0, 0.05) is 32.1 Å². The molecule has 0 unspecified atom stereocenters. The average molecular weight is 539 g/mol. The van der Waals surface area contributed by atoms with Crippen LogP contribution in [0.15, 0.2) is 29.3 Å². The Morgan fingerprint density at radius 3 is 2.53 bits per heavy atom. The number of hydrogen-bond acceptors (Lipinski definition) is 3. The van der Waals surface area contributed by atoms with E-state index < -0.39 is 17.8 Å². The molecule has 30 heavy (non-hydrogen) atoms. The van der Waals surface area contributed by atoms with Crippen molar-refractivity contribution in [3.63, 3.8) is 0 Å². The SMILES string of the molecule is CN=C(NCCN1C(=O)CNC1=O)NCC1(c2cccc(C(F)(F)F)c2)CCC1.I. The molecule has 2 fully saturated rings. The normalized spacial score (nSPS) is 18.4. The Morgan fingerprint density at radius 1 is 1.27 bits per heavy atom. The molecule has 0 radical (unpaired) electrons. The summed E-state index contributed by atoms with van der Waals surface area (Å²) < 4.78 is 39.2. The van der Waals surface area contributed by atoms with E-state index in [1.54, 1.807) is 13.1 Å². The van der Waals surface area contributed by atoms with Gasteiger partial charge in [0.1, 0.15) is 0 Å². The smallest absolute Gasteiger partial charge is 0.356 e. The van der Waals surface area contributed by atoms with Gasteiger partial charge >= 0.3 is 12.2 Å². The van der Waals surface area contributed by atoms with E-state index in [2.05, 4.69) is 20.9 Å². The molecule has 1 aromatic rings. The summed E-state index contributed by atoms with van der Waals surface area (Å²) >= 11 is 0. The van der Waals surface area contributed by atoms with E-state index in [-0.39, 0.29) is 48.4 Å². The molecule has 0 aromatic heterocycles. The van der Waals surface area contributed by atoms with Crippen molar-refractivity contribution in [2.75, 3.05) is 33.2 Å². The molecule has 3 amide bonds. The van der Waals surface area contributed by atoms with Gasteiger partial charge in [-0.05, 0) is 24.5 Å². The lowest BCUT2D eigenvalue weighted by Gasteiger charge is -2.43. The molecule has 1 aliphatic carbocycles. The number of amides is 3. The highest BCUT2D eigenvalue weighted by Gasteiger charge is 2.40. The summed E-state index contributed by atoms with van der Waals surface area (Å²) in [5, 5.41) is 8.65. The van der Waals surface area contributed by atoms with Crippen LogP contribution >= 0.6 is 24.0 Å². The Kier molecular flexibility index (Phi) is 7.94. The number of aliphatic imine (C=N–C) groups is 1. The topological polar surface area (TPSA) is 85.8 Å². The van der Waals surface area contributed by atoms with E-state index in [1.807, 2.05) is 0 Å². The number of alkyl halides is 3. The maximum Gasteiger partial charge on any atom is 0.416 e. The highest BCUT2D eigenvalue weighted by molar-refractivity contribution is 14.0. The van der Waals surface area contributed by atoms with E-state index in [9.17, 15) is 22.8 Å². The Hall–Kier alpha value is -2.05. The molecule has 1 saturated heterocycles. The lowest BCUT2D eigenvalue weighted by atomic mass is 9.64. The number of rotatable bonds is 6. The molecule has 166 valence electrons. The van der Waals surface area contributed by atoms with Crippen molar-refractivity contribution in [1.82, 2.24) is 20.9 Å². The molecule has 1 aromatic carbocycles. The summed E-state index contributed by atoms with van der Waals surface area (Å²) in [5.41, 5.74) is -0.345. The lowest BCUT2D eigenvalue weighted by Crippen LogP contribution is -2.50. The standard InChI is InChI=1S/C19H24F3N5O2.HI/c1-23-16(24-8-9-27-15(28)11-25-17(27)29)26-12-18(6-3-7-18)13-4-2-5-14(10-13)19(20,21)22;/h2,4-5,10H,3,6-9,11-12H2,1H3,(H,25,29)(H2,23,24,26);1H. The van der Waals surface area contributed by atoms with Crippen LogP contribution in [0.1, 0.15) is 30.4 Å². The highest BCUT2D eigenvalue weighted by atomic mass is 127. The fourth-order valence-corrected chi connectivity index (χ4v) is 3.64. The second-order valence-electron chi connectivity index (χ2n) is 7.27. The maximum absolute atomic E-state index is 13.1. The van der Waals surface area contributed by atoms with E-state index >= 15 is 0 Å². The Morgan fingerprint density at radius 2 is 2.00 bits per heavy atom. The molecule has 1 aliphatic heterocycles. The van der Waals surface area contributed by atoms with Gasteiger partial charge in [-0.1, -0.05) is 24.6 Å². The Bertz CT molecular complexity index is 796. The van der Waals surface area contributed by atoms with Crippen molar-refractivity contribution in [3.8, 4) is 0 Å². The van der Waals surface area contributed by atoms with Crippen LogP contribution < -0.4 is 16.0 Å². The van der Waals surface area contributed by atoms with Crippen LogP contribution in [-0.2, 0) is 16.4 Å². The van der Waals surface area contributed by atoms with E-state index in [4.69, 9.17) is 0 Å². The number of benzene rings is 1. The Balaban J connectivity index is 0.00000320. The van der Waals surface area contributed by atoms with Crippen LogP contribution in [0.5, 0.6) is 0 Å². The molecule has 0 bridgehead atoms. The minimum Gasteiger partial charge on any atom is -0.356 e. The van der Waals surface area contributed by atoms with Gasteiger partial charge in [-0.25, -0.2) is 4.79 Å². The summed E-state index contributed by atoms with van der Waals surface area (Å²) in [6.07, 6.45) is -1.83. The van der Waals surface area contributed by atoms with Gasteiger partial charge in [0.25, 0.3) is 0 Å². The minimum atomic E-state index is -4.37. The number of carbonyl (C=O) groups is 2. The second kappa shape index (κ2) is 9.84. The van der Waals surface area contributed by atoms with E-state index in [1.165, 1.54) is 12.1 Å². The number of urea groups is 1. The number of nitrogens with one attached hydrogen (secondary N) is 3. The molecule has 7 nitrogen and oxygen atoms in total. The molecule has 0 atom stereocenters. The Labute approximate surface area is 189 Å². The number of hydrogen-bond donors (Lipinski definition) is 3. The maximum atomic E-state index is 13.1. The van der Waals surface area contributed by atoms with Crippen molar-refractivity contribution in [1.29, 1.82) is 0 Å². The molecular formula is C19H25F3IN5O2. The van der Waals surface area contributed by atoms with Gasteiger partial charge in [-0.3, -0.25) is 14.7 Å². The summed E-state index contributed by atoms with van der Waals surface area (Å²) in [4.78, 5) is 28.3. The van der Waals surface area contributed by atoms with Gasteiger partial charge in [-0.2, -0.15) is 13.2 Å². The molecule has 3 rings (SSSR count). The predicted molar refractivity (Wildman–Crippen MR) is 117 cm³/mol. The minimum absolute atomic E-state index is 0. The molecule has 1 saturated carbocycles. The predicted octanol–water partition coefficient (Wildman–Crippen LogP) is 2.46. The monoisotopic (exact) mass is 539 g/mol. The first kappa shape index (κ1) is 24.2. The third-order valence-corrected chi connectivity index (χ3v) is 5.50. The number of carbonyl (C=O) groups excluding carboxylic acids is 2.